The van der Waals surface area contributed by atoms with Gasteiger partial charge in [-0.25, -0.2) is 0 Å². The Bertz CT molecular complexity index is 349. The molecule has 0 fully saturated rings. The molecule has 0 aliphatic heterocycles. The fourth-order valence-electron chi connectivity index (χ4n) is 0.915. The zero-order valence-electron chi connectivity index (χ0n) is 7.61. The van der Waals surface area contributed by atoms with Gasteiger partial charge in [-0.1, -0.05) is 0 Å². The van der Waals surface area contributed by atoms with Crippen LogP contribution in [-0.4, -0.2) is 10.8 Å². The lowest BCUT2D eigenvalue weighted by molar-refractivity contribution is 0.0892. The Morgan fingerprint density at radius 1 is 1.46 bits per heavy atom. The van der Waals surface area contributed by atoms with Crippen LogP contribution in [0.1, 0.15) is 24.2 Å². The molecule has 1 aromatic heterocycles. The summed E-state index contributed by atoms with van der Waals surface area (Å²) in [6.45, 7) is 3.21. The Hall–Kier alpha value is -1.69. The van der Waals surface area contributed by atoms with Gasteiger partial charge in [0.1, 0.15) is 5.41 Å². The Morgan fingerprint density at radius 3 is 2.46 bits per heavy atom. The molecular weight excluding hydrogens is 164 g/mol. The second-order valence-corrected chi connectivity index (χ2v) is 3.30. The van der Waals surface area contributed by atoms with Crippen LogP contribution in [0.15, 0.2) is 24.5 Å². The number of nitrogens with zero attached hydrogens (tertiary/aromatic N) is 2. The van der Waals surface area contributed by atoms with E-state index >= 15 is 0 Å². The van der Waals surface area contributed by atoms with E-state index in [4.69, 9.17) is 5.26 Å². The molecule has 0 saturated carbocycles. The molecule has 0 bridgehead atoms. The molecule has 3 nitrogen and oxygen atoms in total. The number of ketones is 1. The minimum atomic E-state index is -0.957. The molecule has 0 spiro atoms. The molecule has 66 valence electrons. The quantitative estimate of drug-likeness (QED) is 0.642. The van der Waals surface area contributed by atoms with Crippen molar-refractivity contribution in [1.29, 1.82) is 5.26 Å². The molecule has 1 aromatic rings. The molecule has 0 radical (unpaired) electrons. The lowest BCUT2D eigenvalue weighted by Gasteiger charge is -2.12. The molecule has 13 heavy (non-hydrogen) atoms. The molecular formula is C10H10N2O. The van der Waals surface area contributed by atoms with Gasteiger partial charge in [-0.05, 0) is 26.0 Å². The van der Waals surface area contributed by atoms with Crippen LogP contribution in [-0.2, 0) is 0 Å². The van der Waals surface area contributed by atoms with Crippen molar-refractivity contribution in [3.8, 4) is 6.07 Å². The van der Waals surface area contributed by atoms with Crippen LogP contribution in [0.2, 0.25) is 0 Å². The maximum Gasteiger partial charge on any atom is 0.182 e. The van der Waals surface area contributed by atoms with Gasteiger partial charge in [-0.15, -0.1) is 0 Å². The number of Topliss-reactive ketones (excluding diaryl/α,β-unsaturated/α-hetero) is 1. The third kappa shape index (κ3) is 1.91. The Morgan fingerprint density at radius 2 is 2.00 bits per heavy atom. The van der Waals surface area contributed by atoms with Gasteiger partial charge in [-0.2, -0.15) is 5.26 Å². The van der Waals surface area contributed by atoms with Crippen LogP contribution in [0.3, 0.4) is 0 Å². The molecule has 1 rings (SSSR count). The molecule has 0 aromatic carbocycles. The Balaban J connectivity index is 3.01. The first kappa shape index (κ1) is 9.40. The maximum atomic E-state index is 11.6. The third-order valence-electron chi connectivity index (χ3n) is 1.79. The van der Waals surface area contributed by atoms with Crippen molar-refractivity contribution >= 4 is 5.78 Å². The van der Waals surface area contributed by atoms with E-state index in [1.165, 1.54) is 0 Å². The SMILES string of the molecule is CC(C)(C#N)C(=O)c1ccncc1. The van der Waals surface area contributed by atoms with E-state index in [2.05, 4.69) is 4.98 Å². The van der Waals surface area contributed by atoms with Crippen molar-refractivity contribution in [2.24, 2.45) is 5.41 Å². The lowest BCUT2D eigenvalue weighted by Crippen LogP contribution is -2.22. The highest BCUT2D eigenvalue weighted by Gasteiger charge is 2.27. The molecule has 0 saturated heterocycles. The van der Waals surface area contributed by atoms with Crippen molar-refractivity contribution in [1.82, 2.24) is 4.98 Å². The van der Waals surface area contributed by atoms with Crippen LogP contribution >= 0.6 is 0 Å². The number of pyridine rings is 1. The standard InChI is InChI=1S/C10H10N2O/c1-10(2,7-11)9(13)8-3-5-12-6-4-8/h3-6H,1-2H3. The Labute approximate surface area is 77.0 Å². The second-order valence-electron chi connectivity index (χ2n) is 3.30. The van der Waals surface area contributed by atoms with Gasteiger partial charge >= 0.3 is 0 Å². The molecule has 1 heterocycles. The predicted octanol–water partition coefficient (Wildman–Crippen LogP) is 1.81. The molecule has 0 aliphatic rings. The van der Waals surface area contributed by atoms with Crippen LogP contribution < -0.4 is 0 Å². The van der Waals surface area contributed by atoms with Crippen molar-refractivity contribution in [3.05, 3.63) is 30.1 Å². The van der Waals surface area contributed by atoms with E-state index in [9.17, 15) is 4.79 Å². The number of hydrogen-bond donors (Lipinski definition) is 0. The van der Waals surface area contributed by atoms with Crippen LogP contribution in [0.25, 0.3) is 0 Å². The van der Waals surface area contributed by atoms with E-state index in [1.54, 1.807) is 38.4 Å². The highest BCUT2D eigenvalue weighted by molar-refractivity contribution is 6.01. The molecule has 0 aliphatic carbocycles. The zero-order chi connectivity index (χ0) is 9.90. The summed E-state index contributed by atoms with van der Waals surface area (Å²) in [6.07, 6.45) is 3.08. The summed E-state index contributed by atoms with van der Waals surface area (Å²) in [4.78, 5) is 15.4. The van der Waals surface area contributed by atoms with Gasteiger partial charge < -0.3 is 0 Å². The summed E-state index contributed by atoms with van der Waals surface area (Å²) in [7, 11) is 0. The molecule has 0 amide bonds. The first-order valence-electron chi connectivity index (χ1n) is 3.94. The summed E-state index contributed by atoms with van der Waals surface area (Å²) >= 11 is 0. The second kappa shape index (κ2) is 3.36. The highest BCUT2D eigenvalue weighted by Crippen LogP contribution is 2.19. The number of nitriles is 1. The predicted molar refractivity (Wildman–Crippen MR) is 48.0 cm³/mol. The minimum absolute atomic E-state index is 0.169. The first-order valence-corrected chi connectivity index (χ1v) is 3.94. The summed E-state index contributed by atoms with van der Waals surface area (Å²) < 4.78 is 0. The summed E-state index contributed by atoms with van der Waals surface area (Å²) in [5.74, 6) is -0.169. The van der Waals surface area contributed by atoms with E-state index in [-0.39, 0.29) is 5.78 Å². The number of carbonyl (C=O) groups excluding carboxylic acids is 1. The number of hydrogen-bond acceptors (Lipinski definition) is 3. The van der Waals surface area contributed by atoms with Gasteiger partial charge in [0.15, 0.2) is 5.78 Å². The van der Waals surface area contributed by atoms with Crippen molar-refractivity contribution in [2.45, 2.75) is 13.8 Å². The van der Waals surface area contributed by atoms with E-state index in [0.717, 1.165) is 0 Å². The van der Waals surface area contributed by atoms with Crippen molar-refractivity contribution in [3.63, 3.8) is 0 Å². The molecule has 3 heteroatoms. The average Bonchev–Trinajstić information content (AvgIpc) is 2.18. The van der Waals surface area contributed by atoms with Gasteiger partial charge in [-0.3, -0.25) is 9.78 Å². The van der Waals surface area contributed by atoms with Crippen LogP contribution in [0.4, 0.5) is 0 Å². The van der Waals surface area contributed by atoms with E-state index in [0.29, 0.717) is 5.56 Å². The summed E-state index contributed by atoms with van der Waals surface area (Å²) in [5, 5.41) is 8.74. The van der Waals surface area contributed by atoms with Crippen LogP contribution in [0, 0.1) is 16.7 Å². The van der Waals surface area contributed by atoms with E-state index in [1.807, 2.05) is 6.07 Å². The molecule has 0 atom stereocenters. The van der Waals surface area contributed by atoms with E-state index < -0.39 is 5.41 Å². The number of rotatable bonds is 2. The fraction of sp³-hybridized carbons (Fsp3) is 0.300. The fourth-order valence-corrected chi connectivity index (χ4v) is 0.915. The molecule has 0 N–H and O–H groups in total. The first-order chi connectivity index (χ1) is 6.08. The highest BCUT2D eigenvalue weighted by atomic mass is 16.1. The van der Waals surface area contributed by atoms with Crippen LogP contribution in [0.5, 0.6) is 0 Å². The minimum Gasteiger partial charge on any atom is -0.292 e. The average molecular weight is 174 g/mol. The normalized spacial score (nSPS) is 10.5. The summed E-state index contributed by atoms with van der Waals surface area (Å²) in [6, 6.07) is 5.19. The smallest absolute Gasteiger partial charge is 0.182 e. The number of carbonyl (C=O) groups is 1. The lowest BCUT2D eigenvalue weighted by atomic mass is 9.86. The van der Waals surface area contributed by atoms with Crippen molar-refractivity contribution in [2.75, 3.05) is 0 Å². The monoisotopic (exact) mass is 174 g/mol. The maximum absolute atomic E-state index is 11.6. The van der Waals surface area contributed by atoms with Crippen molar-refractivity contribution < 1.29 is 4.79 Å². The topological polar surface area (TPSA) is 53.8 Å². The molecule has 0 unspecified atom stereocenters. The van der Waals surface area contributed by atoms with Gasteiger partial charge in [0.05, 0.1) is 6.07 Å². The zero-order valence-corrected chi connectivity index (χ0v) is 7.61. The van der Waals surface area contributed by atoms with Gasteiger partial charge in [0.25, 0.3) is 0 Å². The Kier molecular flexibility index (Phi) is 2.43. The van der Waals surface area contributed by atoms with Gasteiger partial charge in [0.2, 0.25) is 0 Å². The third-order valence-corrected chi connectivity index (χ3v) is 1.79. The summed E-state index contributed by atoms with van der Waals surface area (Å²) in [5.41, 5.74) is -0.428. The number of aromatic nitrogens is 1. The van der Waals surface area contributed by atoms with Gasteiger partial charge in [0, 0.05) is 18.0 Å². The largest absolute Gasteiger partial charge is 0.292 e.